The van der Waals surface area contributed by atoms with Crippen LogP contribution in [0.15, 0.2) is 76.8 Å². The van der Waals surface area contributed by atoms with E-state index >= 15 is 0 Å². The predicted molar refractivity (Wildman–Crippen MR) is 114 cm³/mol. The van der Waals surface area contributed by atoms with Gasteiger partial charge in [-0.15, -0.1) is 0 Å². The number of furan rings is 1. The first-order valence-corrected chi connectivity index (χ1v) is 9.82. The Hall–Kier alpha value is -4.33. The van der Waals surface area contributed by atoms with Crippen LogP contribution in [0.2, 0.25) is 0 Å². The summed E-state index contributed by atoms with van der Waals surface area (Å²) in [7, 11) is 1.24. The standard InChI is InChI=1S/C24H20N2O6/c1-30-23(28)21-12-11-18(32-21)14-26-22(27)19(25-24(26)29)13-17-9-5-6-10-20(17)31-15-16-7-3-2-4-8-16/h2-13H,14-15H2,1H3,(H,25,29). The summed E-state index contributed by atoms with van der Waals surface area (Å²) in [5.74, 6) is -0.292. The molecule has 8 heteroatoms. The zero-order valence-corrected chi connectivity index (χ0v) is 17.2. The number of imide groups is 1. The number of benzene rings is 2. The number of nitrogens with one attached hydrogen (secondary N) is 1. The minimum atomic E-state index is -0.638. The molecule has 8 nitrogen and oxygen atoms in total. The molecule has 2 aromatic carbocycles. The Labute approximate surface area is 184 Å². The lowest BCUT2D eigenvalue weighted by atomic mass is 10.1. The van der Waals surface area contributed by atoms with Crippen molar-refractivity contribution in [2.75, 3.05) is 7.11 Å². The first-order chi connectivity index (χ1) is 15.5. The second-order valence-corrected chi connectivity index (χ2v) is 6.95. The number of urea groups is 1. The highest BCUT2D eigenvalue weighted by atomic mass is 16.5. The van der Waals surface area contributed by atoms with E-state index in [9.17, 15) is 14.4 Å². The molecule has 32 heavy (non-hydrogen) atoms. The van der Waals surface area contributed by atoms with Gasteiger partial charge >= 0.3 is 12.0 Å². The van der Waals surface area contributed by atoms with Crippen LogP contribution in [0.5, 0.6) is 5.75 Å². The number of hydrogen-bond acceptors (Lipinski definition) is 6. The second-order valence-electron chi connectivity index (χ2n) is 6.95. The summed E-state index contributed by atoms with van der Waals surface area (Å²) in [5, 5.41) is 2.57. The number of rotatable bonds is 7. The van der Waals surface area contributed by atoms with Crippen molar-refractivity contribution in [2.24, 2.45) is 0 Å². The molecule has 0 atom stereocenters. The molecular formula is C24H20N2O6. The van der Waals surface area contributed by atoms with Gasteiger partial charge in [0.1, 0.15) is 23.8 Å². The molecule has 1 fully saturated rings. The molecule has 162 valence electrons. The van der Waals surface area contributed by atoms with Crippen LogP contribution >= 0.6 is 0 Å². The smallest absolute Gasteiger partial charge is 0.373 e. The Morgan fingerprint density at radius 1 is 1.03 bits per heavy atom. The van der Waals surface area contributed by atoms with E-state index in [2.05, 4.69) is 10.1 Å². The number of esters is 1. The third kappa shape index (κ3) is 4.54. The van der Waals surface area contributed by atoms with E-state index in [-0.39, 0.29) is 23.8 Å². The van der Waals surface area contributed by atoms with E-state index in [0.717, 1.165) is 10.5 Å². The normalized spacial score (nSPS) is 14.5. The molecule has 1 saturated heterocycles. The van der Waals surface area contributed by atoms with Crippen LogP contribution in [0.1, 0.15) is 27.4 Å². The molecule has 1 aliphatic heterocycles. The fourth-order valence-corrected chi connectivity index (χ4v) is 3.17. The van der Waals surface area contributed by atoms with Gasteiger partial charge in [-0.2, -0.15) is 0 Å². The van der Waals surface area contributed by atoms with Gasteiger partial charge in [0, 0.05) is 5.56 Å². The van der Waals surface area contributed by atoms with Crippen LogP contribution in [0.25, 0.3) is 6.08 Å². The van der Waals surface area contributed by atoms with Crippen molar-refractivity contribution in [3.63, 3.8) is 0 Å². The maximum Gasteiger partial charge on any atom is 0.373 e. The maximum absolute atomic E-state index is 12.8. The van der Waals surface area contributed by atoms with Gasteiger partial charge in [-0.05, 0) is 29.8 Å². The van der Waals surface area contributed by atoms with Crippen LogP contribution in [-0.4, -0.2) is 29.9 Å². The first-order valence-electron chi connectivity index (χ1n) is 9.82. The van der Waals surface area contributed by atoms with Crippen molar-refractivity contribution in [3.05, 3.63) is 95.1 Å². The highest BCUT2D eigenvalue weighted by molar-refractivity contribution is 6.14. The first kappa shape index (κ1) is 20.9. The topological polar surface area (TPSA) is 98.1 Å². The van der Waals surface area contributed by atoms with Gasteiger partial charge in [0.05, 0.1) is 13.7 Å². The number of amides is 3. The lowest BCUT2D eigenvalue weighted by molar-refractivity contribution is -0.123. The van der Waals surface area contributed by atoms with Gasteiger partial charge in [0.25, 0.3) is 5.91 Å². The fraction of sp³-hybridized carbons (Fsp3) is 0.125. The molecule has 0 unspecified atom stereocenters. The zero-order chi connectivity index (χ0) is 22.5. The van der Waals surface area contributed by atoms with Crippen molar-refractivity contribution in [3.8, 4) is 5.75 Å². The van der Waals surface area contributed by atoms with Crippen molar-refractivity contribution < 1.29 is 28.3 Å². The Morgan fingerprint density at radius 3 is 2.56 bits per heavy atom. The van der Waals surface area contributed by atoms with Crippen molar-refractivity contribution >= 4 is 24.0 Å². The molecule has 0 radical (unpaired) electrons. The largest absolute Gasteiger partial charge is 0.488 e. The lowest BCUT2D eigenvalue weighted by Crippen LogP contribution is -2.30. The number of methoxy groups -OCH3 is 1. The molecule has 3 aromatic rings. The number of hydrogen-bond donors (Lipinski definition) is 1. The van der Waals surface area contributed by atoms with Gasteiger partial charge in [-0.3, -0.25) is 9.69 Å². The van der Waals surface area contributed by atoms with Crippen LogP contribution in [0.4, 0.5) is 4.79 Å². The predicted octanol–water partition coefficient (Wildman–Crippen LogP) is 3.74. The van der Waals surface area contributed by atoms with Crippen LogP contribution < -0.4 is 10.1 Å². The quantitative estimate of drug-likeness (QED) is 0.347. The Balaban J connectivity index is 1.49. The Bertz CT molecular complexity index is 1180. The molecule has 1 N–H and O–H groups in total. The summed E-state index contributed by atoms with van der Waals surface area (Å²) < 4.78 is 15.9. The average Bonchev–Trinajstić information content (AvgIpc) is 3.39. The number of ether oxygens (including phenoxy) is 2. The molecule has 2 heterocycles. The van der Waals surface area contributed by atoms with Crippen molar-refractivity contribution in [1.82, 2.24) is 10.2 Å². The van der Waals surface area contributed by atoms with E-state index in [1.54, 1.807) is 18.2 Å². The third-order valence-corrected chi connectivity index (χ3v) is 4.78. The van der Waals surface area contributed by atoms with E-state index in [4.69, 9.17) is 9.15 Å². The number of para-hydroxylation sites is 1. The molecule has 0 spiro atoms. The summed E-state index contributed by atoms with van der Waals surface area (Å²) in [6.45, 7) is 0.250. The third-order valence-electron chi connectivity index (χ3n) is 4.78. The average molecular weight is 432 g/mol. The summed E-state index contributed by atoms with van der Waals surface area (Å²) in [6, 6.07) is 19.3. The van der Waals surface area contributed by atoms with Crippen molar-refractivity contribution in [1.29, 1.82) is 0 Å². The second kappa shape index (κ2) is 9.22. The van der Waals surface area contributed by atoms with Crippen LogP contribution in [-0.2, 0) is 22.7 Å². The van der Waals surface area contributed by atoms with E-state index in [1.807, 2.05) is 42.5 Å². The minimum Gasteiger partial charge on any atom is -0.488 e. The van der Waals surface area contributed by atoms with E-state index in [1.165, 1.54) is 19.2 Å². The number of carbonyl (C=O) groups excluding carboxylic acids is 3. The molecule has 1 aromatic heterocycles. The van der Waals surface area contributed by atoms with Crippen LogP contribution in [0.3, 0.4) is 0 Å². The van der Waals surface area contributed by atoms with Gasteiger partial charge < -0.3 is 19.2 Å². The number of nitrogens with zero attached hydrogens (tertiary/aromatic N) is 1. The van der Waals surface area contributed by atoms with Gasteiger partial charge in [0.2, 0.25) is 5.76 Å². The molecular weight excluding hydrogens is 412 g/mol. The molecule has 4 rings (SSSR count). The monoisotopic (exact) mass is 432 g/mol. The zero-order valence-electron chi connectivity index (χ0n) is 17.2. The highest BCUT2D eigenvalue weighted by Crippen LogP contribution is 2.24. The highest BCUT2D eigenvalue weighted by Gasteiger charge is 2.34. The molecule has 0 saturated carbocycles. The SMILES string of the molecule is COC(=O)c1ccc(CN2C(=O)NC(=Cc3ccccc3OCc3ccccc3)C2=O)o1. The summed E-state index contributed by atoms with van der Waals surface area (Å²) >= 11 is 0. The minimum absolute atomic E-state index is 0.00480. The maximum atomic E-state index is 12.8. The lowest BCUT2D eigenvalue weighted by Gasteiger charge is -2.10. The Kier molecular flexibility index (Phi) is 6.03. The number of carbonyl (C=O) groups is 3. The van der Waals surface area contributed by atoms with E-state index < -0.39 is 17.9 Å². The molecule has 0 aliphatic carbocycles. The molecule has 1 aliphatic rings. The van der Waals surface area contributed by atoms with Crippen LogP contribution in [0, 0.1) is 0 Å². The summed E-state index contributed by atoms with van der Waals surface area (Å²) in [5.41, 5.74) is 1.78. The van der Waals surface area contributed by atoms with Gasteiger partial charge in [-0.25, -0.2) is 9.59 Å². The molecule has 0 bridgehead atoms. The fourth-order valence-electron chi connectivity index (χ4n) is 3.17. The van der Waals surface area contributed by atoms with Gasteiger partial charge in [0.15, 0.2) is 0 Å². The van der Waals surface area contributed by atoms with Crippen molar-refractivity contribution in [2.45, 2.75) is 13.2 Å². The summed E-state index contributed by atoms with van der Waals surface area (Å²) in [4.78, 5) is 37.7. The summed E-state index contributed by atoms with van der Waals surface area (Å²) in [6.07, 6.45) is 1.57. The van der Waals surface area contributed by atoms with Gasteiger partial charge in [-0.1, -0.05) is 48.5 Å². The molecule has 3 amide bonds. The van der Waals surface area contributed by atoms with E-state index in [0.29, 0.717) is 17.9 Å². The Morgan fingerprint density at radius 2 is 1.78 bits per heavy atom.